The van der Waals surface area contributed by atoms with E-state index in [1.54, 1.807) is 23.2 Å². The number of carbonyl (C=O) groups excluding carboxylic acids is 1. The third-order valence-electron chi connectivity index (χ3n) is 6.20. The Hall–Kier alpha value is -3.60. The fraction of sp³-hybridized carbons (Fsp3) is 0.348. The highest BCUT2D eigenvalue weighted by atomic mass is 19.4. The molecule has 0 aliphatic carbocycles. The minimum Gasteiger partial charge on any atom is -0.396 e. The van der Waals surface area contributed by atoms with Crippen LogP contribution in [0.5, 0.6) is 0 Å². The molecule has 6 N–H and O–H groups in total. The van der Waals surface area contributed by atoms with Gasteiger partial charge < -0.3 is 21.4 Å². The van der Waals surface area contributed by atoms with Crippen LogP contribution >= 0.6 is 0 Å². The van der Waals surface area contributed by atoms with Crippen LogP contribution in [0.2, 0.25) is 0 Å². The molecule has 0 saturated carbocycles. The molecule has 0 bridgehead atoms. The van der Waals surface area contributed by atoms with Crippen LogP contribution < -0.4 is 22.3 Å². The molecule has 180 valence electrons. The molecule has 1 fully saturated rings. The Kier molecular flexibility index (Phi) is 6.22. The number of benzene rings is 1. The zero-order valence-corrected chi connectivity index (χ0v) is 18.6. The number of amides is 1. The summed E-state index contributed by atoms with van der Waals surface area (Å²) in [6.07, 6.45) is -0.0176. The van der Waals surface area contributed by atoms with E-state index in [9.17, 15) is 18.0 Å². The summed E-state index contributed by atoms with van der Waals surface area (Å²) in [7, 11) is 0. The number of nitrogens with two attached hydrogens (primary N) is 3. The van der Waals surface area contributed by atoms with Crippen LogP contribution in [0.25, 0.3) is 22.0 Å². The first-order valence-corrected chi connectivity index (χ1v) is 10.9. The van der Waals surface area contributed by atoms with Crippen LogP contribution in [0.4, 0.5) is 30.4 Å². The van der Waals surface area contributed by atoms with Crippen LogP contribution in [0, 0.1) is 0 Å². The van der Waals surface area contributed by atoms with E-state index >= 15 is 0 Å². The van der Waals surface area contributed by atoms with Gasteiger partial charge in [0.15, 0.2) is 0 Å². The van der Waals surface area contributed by atoms with Crippen LogP contribution in [-0.4, -0.2) is 39.9 Å². The molecular weight excluding hydrogens is 447 g/mol. The van der Waals surface area contributed by atoms with Crippen molar-refractivity contribution in [1.29, 1.82) is 0 Å². The van der Waals surface area contributed by atoms with Crippen molar-refractivity contribution in [2.24, 2.45) is 5.84 Å². The van der Waals surface area contributed by atoms with Crippen molar-refractivity contribution in [3.05, 3.63) is 42.2 Å². The van der Waals surface area contributed by atoms with Gasteiger partial charge in [0.1, 0.15) is 5.82 Å². The Morgan fingerprint density at radius 2 is 1.82 bits per heavy atom. The number of nitrogens with zero attached hydrogens (tertiary/aromatic N) is 4. The van der Waals surface area contributed by atoms with Crippen LogP contribution in [0.3, 0.4) is 0 Å². The number of pyridine rings is 2. The predicted octanol–water partition coefficient (Wildman–Crippen LogP) is 3.56. The minimum absolute atomic E-state index is 0.0625. The number of aromatic nitrogens is 2. The smallest absolute Gasteiger partial charge is 0.396 e. The number of halogens is 3. The summed E-state index contributed by atoms with van der Waals surface area (Å²) < 4.78 is 40.0. The summed E-state index contributed by atoms with van der Waals surface area (Å²) in [4.78, 5) is 21.9. The molecule has 11 heteroatoms. The Bertz CT molecular complexity index is 1220. The molecule has 1 aromatic carbocycles. The van der Waals surface area contributed by atoms with Gasteiger partial charge >= 0.3 is 6.18 Å². The van der Waals surface area contributed by atoms with Crippen LogP contribution in [0.15, 0.2) is 36.7 Å². The molecule has 1 amide bonds. The molecule has 34 heavy (non-hydrogen) atoms. The van der Waals surface area contributed by atoms with Crippen molar-refractivity contribution in [3.63, 3.8) is 0 Å². The lowest BCUT2D eigenvalue weighted by Crippen LogP contribution is -2.49. The first-order valence-electron chi connectivity index (χ1n) is 10.9. The first kappa shape index (κ1) is 23.6. The minimum atomic E-state index is -4.62. The highest BCUT2D eigenvalue weighted by Gasteiger charge is 2.34. The zero-order chi connectivity index (χ0) is 24.6. The maximum atomic E-state index is 13.3. The van der Waals surface area contributed by atoms with Gasteiger partial charge in [0.05, 0.1) is 28.7 Å². The number of hydrogen-bond acceptors (Lipinski definition) is 7. The third-order valence-corrected chi connectivity index (χ3v) is 6.20. The number of hydrogen-bond donors (Lipinski definition) is 3. The van der Waals surface area contributed by atoms with E-state index in [1.807, 2.05) is 11.8 Å². The van der Waals surface area contributed by atoms with Gasteiger partial charge in [0.25, 0.3) is 0 Å². The van der Waals surface area contributed by atoms with Gasteiger partial charge in [-0.2, -0.15) is 13.2 Å². The molecule has 0 unspecified atom stereocenters. The van der Waals surface area contributed by atoms with Crippen molar-refractivity contribution < 1.29 is 18.0 Å². The number of piperidine rings is 1. The van der Waals surface area contributed by atoms with E-state index in [0.717, 1.165) is 6.07 Å². The molecule has 1 aliphatic rings. The number of rotatable bonds is 4. The van der Waals surface area contributed by atoms with Crippen LogP contribution in [0.1, 0.15) is 31.7 Å². The maximum Gasteiger partial charge on any atom is 0.419 e. The second kappa shape index (κ2) is 8.98. The van der Waals surface area contributed by atoms with E-state index in [2.05, 4.69) is 9.97 Å². The molecule has 0 spiro atoms. The van der Waals surface area contributed by atoms with Gasteiger partial charge in [0, 0.05) is 42.7 Å². The molecule has 3 aromatic rings. The van der Waals surface area contributed by atoms with Gasteiger partial charge in [-0.1, -0.05) is 13.0 Å². The second-order valence-corrected chi connectivity index (χ2v) is 8.32. The number of likely N-dealkylation sites (tertiary alicyclic amines) is 1. The lowest BCUT2D eigenvalue weighted by molar-refractivity contribution is -0.137. The Morgan fingerprint density at radius 3 is 2.47 bits per heavy atom. The summed E-state index contributed by atoms with van der Waals surface area (Å²) in [6.45, 7) is 3.02. The Balaban J connectivity index is 1.71. The highest BCUT2D eigenvalue weighted by molar-refractivity contribution is 5.99. The van der Waals surface area contributed by atoms with Crippen molar-refractivity contribution >= 4 is 34.0 Å². The zero-order valence-electron chi connectivity index (χ0n) is 18.6. The fourth-order valence-corrected chi connectivity index (χ4v) is 4.32. The molecule has 4 rings (SSSR count). The maximum absolute atomic E-state index is 13.3. The molecule has 1 saturated heterocycles. The summed E-state index contributed by atoms with van der Waals surface area (Å²) in [5.41, 5.74) is 13.0. The number of nitrogen functional groups attached to an aromatic ring is 2. The Labute approximate surface area is 194 Å². The highest BCUT2D eigenvalue weighted by Crippen LogP contribution is 2.38. The van der Waals surface area contributed by atoms with Crippen molar-refractivity contribution in [2.75, 3.05) is 29.6 Å². The molecule has 0 atom stereocenters. The van der Waals surface area contributed by atoms with Gasteiger partial charge in [-0.05, 0) is 36.6 Å². The van der Waals surface area contributed by atoms with Crippen LogP contribution in [-0.2, 0) is 11.0 Å². The molecular formula is C23H26F3N7O. The summed E-state index contributed by atoms with van der Waals surface area (Å²) in [5.74, 6) is 6.05. The van der Waals surface area contributed by atoms with Gasteiger partial charge in [-0.15, -0.1) is 0 Å². The van der Waals surface area contributed by atoms with E-state index in [0.29, 0.717) is 60.2 Å². The van der Waals surface area contributed by atoms with Gasteiger partial charge in [-0.3, -0.25) is 9.78 Å². The molecule has 0 radical (unpaired) electrons. The van der Waals surface area contributed by atoms with E-state index in [1.165, 1.54) is 12.4 Å². The number of carbonyl (C=O) groups is 1. The average Bonchev–Trinajstić information content (AvgIpc) is 2.82. The lowest BCUT2D eigenvalue weighted by atomic mass is 10.00. The Morgan fingerprint density at radius 1 is 1.12 bits per heavy atom. The molecule has 1 aliphatic heterocycles. The fourth-order valence-electron chi connectivity index (χ4n) is 4.32. The average molecular weight is 474 g/mol. The quantitative estimate of drug-likeness (QED) is 0.390. The predicted molar refractivity (Wildman–Crippen MR) is 125 cm³/mol. The second-order valence-electron chi connectivity index (χ2n) is 8.32. The number of fused-ring (bicyclic) bond motifs is 1. The first-order chi connectivity index (χ1) is 16.1. The molecule has 8 nitrogen and oxygen atoms in total. The van der Waals surface area contributed by atoms with E-state index < -0.39 is 17.6 Å². The number of anilines is 3. The van der Waals surface area contributed by atoms with Gasteiger partial charge in [-0.25, -0.2) is 10.8 Å². The largest absolute Gasteiger partial charge is 0.419 e. The van der Waals surface area contributed by atoms with Crippen molar-refractivity contribution in [1.82, 2.24) is 14.9 Å². The molecule has 2 aromatic heterocycles. The normalized spacial score (nSPS) is 15.0. The molecule has 3 heterocycles. The summed E-state index contributed by atoms with van der Waals surface area (Å²) in [6, 6.07) is 5.99. The van der Waals surface area contributed by atoms with E-state index in [4.69, 9.17) is 17.3 Å². The third kappa shape index (κ3) is 4.43. The summed E-state index contributed by atoms with van der Waals surface area (Å²) in [5, 5.41) is 2.21. The lowest BCUT2D eigenvalue weighted by Gasteiger charge is -2.38. The van der Waals surface area contributed by atoms with Crippen molar-refractivity contribution in [3.8, 4) is 11.1 Å². The number of alkyl halides is 3. The van der Waals surface area contributed by atoms with Gasteiger partial charge in [0.2, 0.25) is 5.91 Å². The monoisotopic (exact) mass is 473 g/mol. The van der Waals surface area contributed by atoms with Crippen molar-refractivity contribution in [2.45, 2.75) is 38.4 Å². The summed E-state index contributed by atoms with van der Waals surface area (Å²) >= 11 is 0. The van der Waals surface area contributed by atoms with E-state index in [-0.39, 0.29) is 17.5 Å². The number of hydrazine groups is 1. The standard InChI is InChI=1S/C23H26F3N7O/c1-2-20(34)32-7-5-15(6-8-32)33(29)21-16-9-13(3-4-19(16)30-12-18(21)27)14-10-17(23(24,25)26)22(28)31-11-14/h3-4,9-12,15H,2,5-8,27,29H2,1H3,(H2,28,31). The SMILES string of the molecule is CCC(=O)N1CCC(N(N)c2c(N)cnc3ccc(-c4cnc(N)c(C(F)(F)F)c4)cc23)CC1. The topological polar surface area (TPSA) is 127 Å².